The van der Waals surface area contributed by atoms with Crippen LogP contribution in [0.15, 0.2) is 48.6 Å². The second-order valence-corrected chi connectivity index (χ2v) is 10.5. The van der Waals surface area contributed by atoms with Crippen molar-refractivity contribution in [2.45, 2.75) is 154 Å². The van der Waals surface area contributed by atoms with Gasteiger partial charge in [0.1, 0.15) is 0 Å². The van der Waals surface area contributed by atoms with Gasteiger partial charge in [-0.3, -0.25) is 4.79 Å². The Morgan fingerprint density at radius 3 is 1.74 bits per heavy atom. The molecule has 0 heterocycles. The van der Waals surface area contributed by atoms with E-state index in [1.807, 2.05) is 6.08 Å². The van der Waals surface area contributed by atoms with Gasteiger partial charge >= 0.3 is 0 Å². The van der Waals surface area contributed by atoms with Crippen molar-refractivity contribution in [3.8, 4) is 0 Å². The molecule has 0 aromatic carbocycles. The van der Waals surface area contributed by atoms with E-state index in [0.717, 1.165) is 57.8 Å². The van der Waals surface area contributed by atoms with Crippen molar-refractivity contribution >= 4 is 5.91 Å². The van der Waals surface area contributed by atoms with Crippen LogP contribution in [0.3, 0.4) is 0 Å². The standard InChI is InChI=1S/C34H61NO3/c1-3-5-7-9-11-13-15-16-17-18-20-22-24-26-28-30-34(38)35-32(31-36)33(37)29-27-25-23-21-19-14-12-10-8-6-4-2/h5,7,11,13,16-17,27,29,32-33,36-37H,3-4,6,8-10,12,14-15,18-26,28,30-31H2,1-2H3,(H,35,38)/b7-5-,13-11-,17-16-,29-27+. The molecule has 0 fully saturated rings. The van der Waals surface area contributed by atoms with Gasteiger partial charge in [-0.2, -0.15) is 0 Å². The molecule has 2 unspecified atom stereocenters. The third-order valence-corrected chi connectivity index (χ3v) is 6.82. The molecule has 0 radical (unpaired) electrons. The number of nitrogens with one attached hydrogen (secondary N) is 1. The highest BCUT2D eigenvalue weighted by Gasteiger charge is 2.17. The summed E-state index contributed by atoms with van der Waals surface area (Å²) in [7, 11) is 0. The van der Waals surface area contributed by atoms with E-state index in [0.29, 0.717) is 6.42 Å². The molecule has 0 saturated carbocycles. The van der Waals surface area contributed by atoms with Crippen molar-refractivity contribution in [2.75, 3.05) is 6.61 Å². The Bertz CT molecular complexity index is 623. The van der Waals surface area contributed by atoms with E-state index in [-0.39, 0.29) is 12.5 Å². The monoisotopic (exact) mass is 531 g/mol. The predicted molar refractivity (Wildman–Crippen MR) is 165 cm³/mol. The lowest BCUT2D eigenvalue weighted by Crippen LogP contribution is -2.45. The molecule has 0 bridgehead atoms. The molecule has 0 saturated heterocycles. The fourth-order valence-electron chi connectivity index (χ4n) is 4.37. The molecule has 0 aromatic rings. The minimum Gasteiger partial charge on any atom is -0.394 e. The van der Waals surface area contributed by atoms with Gasteiger partial charge in [0.05, 0.1) is 18.8 Å². The van der Waals surface area contributed by atoms with Crippen LogP contribution in [0, 0.1) is 0 Å². The topological polar surface area (TPSA) is 69.6 Å². The van der Waals surface area contributed by atoms with E-state index in [4.69, 9.17) is 0 Å². The number of hydrogen-bond donors (Lipinski definition) is 3. The van der Waals surface area contributed by atoms with E-state index in [1.54, 1.807) is 6.08 Å². The molecule has 220 valence electrons. The van der Waals surface area contributed by atoms with Crippen LogP contribution in [0.1, 0.15) is 142 Å². The fraction of sp³-hybridized carbons (Fsp3) is 0.735. The molecule has 0 aliphatic carbocycles. The number of rotatable bonds is 27. The van der Waals surface area contributed by atoms with E-state index >= 15 is 0 Å². The molecule has 4 nitrogen and oxygen atoms in total. The first-order chi connectivity index (χ1) is 18.7. The number of amides is 1. The van der Waals surface area contributed by atoms with Crippen LogP contribution in [-0.2, 0) is 4.79 Å². The summed E-state index contributed by atoms with van der Waals surface area (Å²) in [6, 6.07) is -0.628. The van der Waals surface area contributed by atoms with E-state index < -0.39 is 12.1 Å². The molecule has 1 amide bonds. The zero-order valence-corrected chi connectivity index (χ0v) is 24.9. The average Bonchev–Trinajstić information content (AvgIpc) is 2.92. The zero-order chi connectivity index (χ0) is 27.9. The van der Waals surface area contributed by atoms with E-state index in [1.165, 1.54) is 64.2 Å². The maximum Gasteiger partial charge on any atom is 0.220 e. The SMILES string of the molecule is CC/C=C\C/C=C\C/C=C\CCCCCCCC(=O)NC(CO)C(O)/C=C/CCCCCCCCCCC. The van der Waals surface area contributed by atoms with Gasteiger partial charge in [-0.25, -0.2) is 0 Å². The van der Waals surface area contributed by atoms with Gasteiger partial charge in [0.25, 0.3) is 0 Å². The van der Waals surface area contributed by atoms with Gasteiger partial charge in [0.15, 0.2) is 0 Å². The highest BCUT2D eigenvalue weighted by atomic mass is 16.3. The third kappa shape index (κ3) is 26.0. The number of carbonyl (C=O) groups excluding carboxylic acids is 1. The van der Waals surface area contributed by atoms with Gasteiger partial charge in [0.2, 0.25) is 5.91 Å². The van der Waals surface area contributed by atoms with Crippen molar-refractivity contribution in [1.29, 1.82) is 0 Å². The molecule has 0 aliphatic heterocycles. The van der Waals surface area contributed by atoms with Crippen LogP contribution in [0.5, 0.6) is 0 Å². The Balaban J connectivity index is 3.73. The Morgan fingerprint density at radius 1 is 0.658 bits per heavy atom. The normalized spacial score (nSPS) is 13.9. The summed E-state index contributed by atoms with van der Waals surface area (Å²) >= 11 is 0. The molecule has 2 atom stereocenters. The Hall–Kier alpha value is -1.65. The number of aliphatic hydroxyl groups excluding tert-OH is 2. The molecule has 0 rings (SSSR count). The fourth-order valence-corrected chi connectivity index (χ4v) is 4.37. The van der Waals surface area contributed by atoms with Crippen molar-refractivity contribution in [3.63, 3.8) is 0 Å². The minimum absolute atomic E-state index is 0.0865. The summed E-state index contributed by atoms with van der Waals surface area (Å²) in [6.45, 7) is 4.15. The largest absolute Gasteiger partial charge is 0.394 e. The highest BCUT2D eigenvalue weighted by molar-refractivity contribution is 5.76. The van der Waals surface area contributed by atoms with Crippen LogP contribution in [0.25, 0.3) is 0 Å². The van der Waals surface area contributed by atoms with Crippen LogP contribution in [0.4, 0.5) is 0 Å². The first kappa shape index (κ1) is 36.4. The van der Waals surface area contributed by atoms with E-state index in [2.05, 4.69) is 55.6 Å². The van der Waals surface area contributed by atoms with Gasteiger partial charge < -0.3 is 15.5 Å². The molecule has 0 spiro atoms. The van der Waals surface area contributed by atoms with Crippen molar-refractivity contribution < 1.29 is 15.0 Å². The summed E-state index contributed by atoms with van der Waals surface area (Å²) in [4.78, 5) is 12.2. The van der Waals surface area contributed by atoms with Crippen LogP contribution < -0.4 is 5.32 Å². The lowest BCUT2D eigenvalue weighted by molar-refractivity contribution is -0.123. The first-order valence-electron chi connectivity index (χ1n) is 15.9. The molecule has 3 N–H and O–H groups in total. The van der Waals surface area contributed by atoms with Gasteiger partial charge in [0, 0.05) is 6.42 Å². The smallest absolute Gasteiger partial charge is 0.220 e. The molecule has 0 aromatic heterocycles. The van der Waals surface area contributed by atoms with E-state index in [9.17, 15) is 15.0 Å². The van der Waals surface area contributed by atoms with Crippen molar-refractivity contribution in [2.24, 2.45) is 0 Å². The second-order valence-electron chi connectivity index (χ2n) is 10.5. The number of carbonyl (C=O) groups is 1. The van der Waals surface area contributed by atoms with Crippen molar-refractivity contribution in [3.05, 3.63) is 48.6 Å². The second kappa shape index (κ2) is 29.9. The molecular weight excluding hydrogens is 470 g/mol. The molecule has 4 heteroatoms. The average molecular weight is 532 g/mol. The summed E-state index contributed by atoms with van der Waals surface area (Å²) in [5.74, 6) is -0.0865. The van der Waals surface area contributed by atoms with Crippen LogP contribution in [-0.4, -0.2) is 34.9 Å². The summed E-state index contributed by atoms with van der Waals surface area (Å²) in [5.41, 5.74) is 0. The predicted octanol–water partition coefficient (Wildman–Crippen LogP) is 8.89. The van der Waals surface area contributed by atoms with Crippen LogP contribution >= 0.6 is 0 Å². The summed E-state index contributed by atoms with van der Waals surface area (Å²) in [5, 5.41) is 22.7. The summed E-state index contributed by atoms with van der Waals surface area (Å²) in [6.07, 6.45) is 38.9. The highest BCUT2D eigenvalue weighted by Crippen LogP contribution is 2.11. The molecule has 0 aliphatic rings. The lowest BCUT2D eigenvalue weighted by Gasteiger charge is -2.20. The van der Waals surface area contributed by atoms with Crippen LogP contribution in [0.2, 0.25) is 0 Å². The van der Waals surface area contributed by atoms with Gasteiger partial charge in [-0.1, -0.05) is 133 Å². The number of allylic oxidation sites excluding steroid dienone is 7. The Labute approximate surface area is 235 Å². The summed E-state index contributed by atoms with van der Waals surface area (Å²) < 4.78 is 0. The zero-order valence-electron chi connectivity index (χ0n) is 24.9. The number of aliphatic hydroxyl groups is 2. The molecular formula is C34H61NO3. The first-order valence-corrected chi connectivity index (χ1v) is 15.9. The van der Waals surface area contributed by atoms with Gasteiger partial charge in [-0.15, -0.1) is 0 Å². The number of unbranched alkanes of at least 4 members (excludes halogenated alkanes) is 14. The van der Waals surface area contributed by atoms with Crippen molar-refractivity contribution in [1.82, 2.24) is 5.32 Å². The maximum absolute atomic E-state index is 12.2. The maximum atomic E-state index is 12.2. The molecule has 38 heavy (non-hydrogen) atoms. The number of hydrogen-bond acceptors (Lipinski definition) is 3. The quantitative estimate of drug-likeness (QED) is 0.0732. The Kier molecular flexibility index (Phi) is 28.6. The minimum atomic E-state index is -0.844. The lowest BCUT2D eigenvalue weighted by atomic mass is 10.1. The Morgan fingerprint density at radius 2 is 1.16 bits per heavy atom. The third-order valence-electron chi connectivity index (χ3n) is 6.82. The van der Waals surface area contributed by atoms with Gasteiger partial charge in [-0.05, 0) is 51.4 Å².